The summed E-state index contributed by atoms with van der Waals surface area (Å²) >= 11 is 0. The molecule has 1 rings (SSSR count). The fourth-order valence-electron chi connectivity index (χ4n) is 3.42. The molecule has 1 unspecified atom stereocenters. The van der Waals surface area contributed by atoms with Crippen molar-refractivity contribution in [1.29, 1.82) is 0 Å². The lowest BCUT2D eigenvalue weighted by Gasteiger charge is -2.41. The van der Waals surface area contributed by atoms with Gasteiger partial charge in [0.15, 0.2) is 9.84 Å². The highest BCUT2D eigenvalue weighted by molar-refractivity contribution is 7.91. The molecule has 0 aromatic rings. The number of hydrogen-bond acceptors (Lipinski definition) is 4. The van der Waals surface area contributed by atoms with Gasteiger partial charge < -0.3 is 4.74 Å². The highest BCUT2D eigenvalue weighted by atomic mass is 32.2. The Kier molecular flexibility index (Phi) is 5.20. The minimum atomic E-state index is -3.13. The first-order chi connectivity index (χ1) is 8.35. The van der Waals surface area contributed by atoms with Gasteiger partial charge in [0, 0.05) is 6.26 Å². The van der Waals surface area contributed by atoms with Crippen LogP contribution in [-0.4, -0.2) is 33.0 Å². The third-order valence-corrected chi connectivity index (χ3v) is 6.01. The molecule has 0 bridgehead atoms. The zero-order chi connectivity index (χ0) is 13.8. The minimum Gasteiger partial charge on any atom is -0.469 e. The van der Waals surface area contributed by atoms with Crippen molar-refractivity contribution in [3.8, 4) is 0 Å². The van der Waals surface area contributed by atoms with E-state index in [1.165, 1.54) is 13.4 Å². The van der Waals surface area contributed by atoms with Crippen LogP contribution in [0.4, 0.5) is 0 Å². The van der Waals surface area contributed by atoms with Crippen LogP contribution < -0.4 is 0 Å². The van der Waals surface area contributed by atoms with Gasteiger partial charge in [0.1, 0.15) is 0 Å². The second-order valence-corrected chi connectivity index (χ2v) is 7.63. The van der Waals surface area contributed by atoms with E-state index in [-0.39, 0.29) is 12.4 Å². The molecule has 0 aliphatic heterocycles. The van der Waals surface area contributed by atoms with Crippen LogP contribution in [0.1, 0.15) is 51.9 Å². The van der Waals surface area contributed by atoms with E-state index in [1.807, 2.05) is 6.92 Å². The normalized spacial score (nSPS) is 21.3. The summed E-state index contributed by atoms with van der Waals surface area (Å²) in [5.41, 5.74) is -0.409. The Morgan fingerprint density at radius 1 is 1.28 bits per heavy atom. The SMILES string of the molecule is CCC(C1(CC(=O)OC)CCCCC1)S(C)(=O)=O. The first-order valence-corrected chi connectivity index (χ1v) is 8.57. The summed E-state index contributed by atoms with van der Waals surface area (Å²) in [4.78, 5) is 11.6. The van der Waals surface area contributed by atoms with Gasteiger partial charge in [0.25, 0.3) is 0 Å². The molecule has 0 aromatic carbocycles. The Morgan fingerprint density at radius 2 is 1.83 bits per heavy atom. The molecule has 5 heteroatoms. The Bertz CT molecular complexity index is 380. The third kappa shape index (κ3) is 3.46. The molecule has 106 valence electrons. The summed E-state index contributed by atoms with van der Waals surface area (Å²) in [6.07, 6.45) is 6.84. The second-order valence-electron chi connectivity index (χ2n) is 5.40. The minimum absolute atomic E-state index is 0.231. The molecule has 0 saturated heterocycles. The van der Waals surface area contributed by atoms with E-state index >= 15 is 0 Å². The average molecular weight is 276 g/mol. The standard InChI is InChI=1S/C13H24O4S/c1-4-11(18(3,15)16)13(10-12(14)17-2)8-6-5-7-9-13/h11H,4-10H2,1-3H3. The van der Waals surface area contributed by atoms with Crippen molar-refractivity contribution < 1.29 is 17.9 Å². The van der Waals surface area contributed by atoms with Crippen LogP contribution in [0.15, 0.2) is 0 Å². The van der Waals surface area contributed by atoms with Crippen LogP contribution >= 0.6 is 0 Å². The molecule has 0 spiro atoms. The van der Waals surface area contributed by atoms with Crippen molar-refractivity contribution in [3.63, 3.8) is 0 Å². The number of hydrogen-bond donors (Lipinski definition) is 0. The fourth-order valence-corrected chi connectivity index (χ4v) is 5.25. The zero-order valence-corrected chi connectivity index (χ0v) is 12.4. The van der Waals surface area contributed by atoms with Gasteiger partial charge >= 0.3 is 5.97 Å². The summed E-state index contributed by atoms with van der Waals surface area (Å²) in [7, 11) is -1.77. The maximum absolute atomic E-state index is 12.0. The van der Waals surface area contributed by atoms with Gasteiger partial charge in [-0.1, -0.05) is 26.2 Å². The summed E-state index contributed by atoms with van der Waals surface area (Å²) < 4.78 is 28.7. The van der Waals surface area contributed by atoms with Crippen LogP contribution in [0, 0.1) is 5.41 Å². The van der Waals surface area contributed by atoms with Crippen LogP contribution in [0.3, 0.4) is 0 Å². The Hall–Kier alpha value is -0.580. The molecule has 18 heavy (non-hydrogen) atoms. The first-order valence-electron chi connectivity index (χ1n) is 6.61. The summed E-state index contributed by atoms with van der Waals surface area (Å²) in [5, 5.41) is -0.426. The fraction of sp³-hybridized carbons (Fsp3) is 0.923. The second kappa shape index (κ2) is 6.04. The van der Waals surface area contributed by atoms with Gasteiger partial charge in [-0.05, 0) is 24.7 Å². The van der Waals surface area contributed by atoms with Gasteiger partial charge in [0.05, 0.1) is 18.8 Å². The monoisotopic (exact) mass is 276 g/mol. The molecule has 1 atom stereocenters. The van der Waals surface area contributed by atoms with E-state index in [0.717, 1.165) is 32.1 Å². The Morgan fingerprint density at radius 3 is 2.22 bits per heavy atom. The molecular formula is C13H24O4S. The van der Waals surface area contributed by atoms with Gasteiger partial charge in [-0.2, -0.15) is 0 Å². The topological polar surface area (TPSA) is 60.4 Å². The van der Waals surface area contributed by atoms with E-state index in [1.54, 1.807) is 0 Å². The smallest absolute Gasteiger partial charge is 0.306 e. The summed E-state index contributed by atoms with van der Waals surface area (Å²) in [6.45, 7) is 1.89. The van der Waals surface area contributed by atoms with Crippen LogP contribution in [0.5, 0.6) is 0 Å². The van der Waals surface area contributed by atoms with E-state index in [9.17, 15) is 13.2 Å². The number of methoxy groups -OCH3 is 1. The predicted octanol–water partition coefficient (Wildman–Crippen LogP) is 2.32. The number of carbonyl (C=O) groups is 1. The highest BCUT2D eigenvalue weighted by Crippen LogP contribution is 2.46. The number of esters is 1. The Balaban J connectivity index is 3.05. The number of ether oxygens (including phenoxy) is 1. The molecule has 0 radical (unpaired) electrons. The highest BCUT2D eigenvalue weighted by Gasteiger charge is 2.45. The molecule has 0 heterocycles. The predicted molar refractivity (Wildman–Crippen MR) is 71.1 cm³/mol. The molecular weight excluding hydrogens is 252 g/mol. The van der Waals surface area contributed by atoms with Crippen molar-refractivity contribution in [3.05, 3.63) is 0 Å². The average Bonchev–Trinajstić information content (AvgIpc) is 2.28. The number of rotatable bonds is 5. The van der Waals surface area contributed by atoms with Gasteiger partial charge in [-0.3, -0.25) is 4.79 Å². The van der Waals surface area contributed by atoms with Gasteiger partial charge in [-0.25, -0.2) is 8.42 Å². The van der Waals surface area contributed by atoms with E-state index in [4.69, 9.17) is 4.74 Å². The Labute approximate surface area is 110 Å². The molecule has 0 amide bonds. The molecule has 1 aliphatic carbocycles. The van der Waals surface area contributed by atoms with Gasteiger partial charge in [-0.15, -0.1) is 0 Å². The first kappa shape index (κ1) is 15.5. The molecule has 0 aromatic heterocycles. The van der Waals surface area contributed by atoms with Crippen molar-refractivity contribution in [2.24, 2.45) is 5.41 Å². The zero-order valence-electron chi connectivity index (χ0n) is 11.6. The lowest BCUT2D eigenvalue weighted by atomic mass is 9.69. The van der Waals surface area contributed by atoms with Crippen molar-refractivity contribution in [1.82, 2.24) is 0 Å². The van der Waals surface area contributed by atoms with Crippen molar-refractivity contribution in [2.45, 2.75) is 57.1 Å². The van der Waals surface area contributed by atoms with Crippen LogP contribution in [-0.2, 0) is 19.4 Å². The van der Waals surface area contributed by atoms with E-state index < -0.39 is 20.5 Å². The molecule has 1 fully saturated rings. The molecule has 4 nitrogen and oxygen atoms in total. The molecule has 0 N–H and O–H groups in total. The lowest BCUT2D eigenvalue weighted by molar-refractivity contribution is -0.144. The van der Waals surface area contributed by atoms with Crippen LogP contribution in [0.2, 0.25) is 0 Å². The lowest BCUT2D eigenvalue weighted by Crippen LogP contribution is -2.43. The number of carbonyl (C=O) groups excluding carboxylic acids is 1. The largest absolute Gasteiger partial charge is 0.469 e. The quantitative estimate of drug-likeness (QED) is 0.723. The van der Waals surface area contributed by atoms with E-state index in [2.05, 4.69) is 0 Å². The third-order valence-electron chi connectivity index (χ3n) is 4.14. The molecule has 1 saturated carbocycles. The van der Waals surface area contributed by atoms with Crippen molar-refractivity contribution in [2.75, 3.05) is 13.4 Å². The van der Waals surface area contributed by atoms with Crippen molar-refractivity contribution >= 4 is 15.8 Å². The summed E-state index contributed by atoms with van der Waals surface area (Å²) in [5.74, 6) is -0.293. The van der Waals surface area contributed by atoms with Crippen LogP contribution in [0.25, 0.3) is 0 Å². The maximum Gasteiger partial charge on any atom is 0.306 e. The van der Waals surface area contributed by atoms with E-state index in [0.29, 0.717) is 6.42 Å². The maximum atomic E-state index is 12.0. The number of sulfone groups is 1. The van der Waals surface area contributed by atoms with Gasteiger partial charge in [0.2, 0.25) is 0 Å². The molecule has 1 aliphatic rings. The summed E-state index contributed by atoms with van der Waals surface area (Å²) in [6, 6.07) is 0.